The van der Waals surface area contributed by atoms with Crippen LogP contribution in [0.3, 0.4) is 0 Å². The van der Waals surface area contributed by atoms with Crippen LogP contribution in [-0.4, -0.2) is 34.8 Å². The van der Waals surface area contributed by atoms with Crippen molar-refractivity contribution in [3.8, 4) is 11.3 Å². The van der Waals surface area contributed by atoms with Crippen LogP contribution in [0.1, 0.15) is 25.3 Å². The fourth-order valence-electron chi connectivity index (χ4n) is 3.74. The zero-order valence-corrected chi connectivity index (χ0v) is 14.9. The van der Waals surface area contributed by atoms with Gasteiger partial charge < -0.3 is 4.90 Å². The van der Waals surface area contributed by atoms with Gasteiger partial charge in [0.15, 0.2) is 0 Å². The lowest BCUT2D eigenvalue weighted by Gasteiger charge is -2.19. The predicted molar refractivity (Wildman–Crippen MR) is 102 cm³/mol. The summed E-state index contributed by atoms with van der Waals surface area (Å²) in [5.74, 6) is -0.279. The lowest BCUT2D eigenvalue weighted by atomic mass is 10.0. The monoisotopic (exact) mass is 351 g/mol. The Morgan fingerprint density at radius 1 is 1.00 bits per heavy atom. The topological polar surface area (TPSA) is 38.1 Å². The van der Waals surface area contributed by atoms with E-state index in [2.05, 4.69) is 11.9 Å². The van der Waals surface area contributed by atoms with Crippen molar-refractivity contribution in [3.63, 3.8) is 0 Å². The van der Waals surface area contributed by atoms with E-state index in [1.54, 1.807) is 16.8 Å². The molecule has 1 saturated heterocycles. The smallest absolute Gasteiger partial charge is 0.274 e. The summed E-state index contributed by atoms with van der Waals surface area (Å²) in [6, 6.07) is 13.9. The van der Waals surface area contributed by atoms with Crippen molar-refractivity contribution >= 4 is 10.8 Å². The molecule has 1 aliphatic heterocycles. The van der Waals surface area contributed by atoms with Crippen LogP contribution >= 0.6 is 0 Å². The third-order valence-electron chi connectivity index (χ3n) is 5.21. The standard InChI is InChI=1S/C21H22FN3O/c1-24-13-4-5-17(12-14-24)25-21(26)19-7-3-2-6-18(19)20(23-25)15-8-10-16(22)11-9-15/h2-3,6-11,17H,4-5,12-14H2,1H3. The van der Waals surface area contributed by atoms with Crippen LogP contribution in [0, 0.1) is 5.82 Å². The summed E-state index contributed by atoms with van der Waals surface area (Å²) in [4.78, 5) is 15.4. The summed E-state index contributed by atoms with van der Waals surface area (Å²) in [5.41, 5.74) is 1.51. The average Bonchev–Trinajstić information content (AvgIpc) is 2.88. The molecule has 1 unspecified atom stereocenters. The highest BCUT2D eigenvalue weighted by molar-refractivity contribution is 5.93. The molecule has 4 nitrogen and oxygen atoms in total. The lowest BCUT2D eigenvalue weighted by molar-refractivity contribution is 0.334. The molecule has 0 radical (unpaired) electrons. The van der Waals surface area contributed by atoms with Gasteiger partial charge in [-0.25, -0.2) is 9.07 Å². The van der Waals surface area contributed by atoms with E-state index in [0.29, 0.717) is 5.39 Å². The van der Waals surface area contributed by atoms with Gasteiger partial charge in [-0.2, -0.15) is 5.10 Å². The van der Waals surface area contributed by atoms with E-state index < -0.39 is 0 Å². The van der Waals surface area contributed by atoms with Gasteiger partial charge in [0.1, 0.15) is 5.82 Å². The average molecular weight is 351 g/mol. The van der Waals surface area contributed by atoms with Gasteiger partial charge in [-0.05, 0) is 69.7 Å². The number of rotatable bonds is 2. The van der Waals surface area contributed by atoms with Gasteiger partial charge in [0, 0.05) is 10.9 Å². The molecule has 26 heavy (non-hydrogen) atoms. The minimum Gasteiger partial charge on any atom is -0.306 e. The van der Waals surface area contributed by atoms with Crippen molar-refractivity contribution in [3.05, 3.63) is 64.7 Å². The van der Waals surface area contributed by atoms with Crippen molar-refractivity contribution in [1.82, 2.24) is 14.7 Å². The number of hydrogen-bond donors (Lipinski definition) is 0. The van der Waals surface area contributed by atoms with E-state index in [0.717, 1.165) is 49.0 Å². The van der Waals surface area contributed by atoms with Gasteiger partial charge in [0.2, 0.25) is 0 Å². The minimum absolute atomic E-state index is 0.0407. The molecule has 0 spiro atoms. The Bertz CT molecular complexity index is 981. The van der Waals surface area contributed by atoms with Crippen molar-refractivity contribution in [2.75, 3.05) is 20.1 Å². The van der Waals surface area contributed by atoms with E-state index >= 15 is 0 Å². The molecule has 134 valence electrons. The zero-order chi connectivity index (χ0) is 18.1. The minimum atomic E-state index is -0.279. The molecule has 2 aromatic carbocycles. The number of hydrogen-bond acceptors (Lipinski definition) is 3. The number of likely N-dealkylation sites (tertiary alicyclic amines) is 1. The molecular weight excluding hydrogens is 329 g/mol. The van der Waals surface area contributed by atoms with Crippen LogP contribution < -0.4 is 5.56 Å². The Balaban J connectivity index is 1.90. The first-order valence-corrected chi connectivity index (χ1v) is 9.09. The van der Waals surface area contributed by atoms with Crippen LogP contribution in [0.2, 0.25) is 0 Å². The molecule has 0 bridgehead atoms. The summed E-state index contributed by atoms with van der Waals surface area (Å²) in [5, 5.41) is 6.23. The lowest BCUT2D eigenvalue weighted by Crippen LogP contribution is -2.29. The Kier molecular flexibility index (Phi) is 4.55. The van der Waals surface area contributed by atoms with E-state index in [1.165, 1.54) is 12.1 Å². The maximum atomic E-state index is 13.4. The maximum absolute atomic E-state index is 13.4. The van der Waals surface area contributed by atoms with Crippen LogP contribution in [0.25, 0.3) is 22.0 Å². The summed E-state index contributed by atoms with van der Waals surface area (Å²) < 4.78 is 15.0. The van der Waals surface area contributed by atoms with E-state index in [-0.39, 0.29) is 17.4 Å². The fraction of sp³-hybridized carbons (Fsp3) is 0.333. The first kappa shape index (κ1) is 16.9. The zero-order valence-electron chi connectivity index (χ0n) is 14.9. The normalized spacial score (nSPS) is 18.8. The van der Waals surface area contributed by atoms with Gasteiger partial charge in [-0.15, -0.1) is 0 Å². The number of halogens is 1. The molecule has 5 heteroatoms. The molecule has 1 fully saturated rings. The van der Waals surface area contributed by atoms with E-state index in [1.807, 2.05) is 24.3 Å². The largest absolute Gasteiger partial charge is 0.306 e. The predicted octanol–water partition coefficient (Wildman–Crippen LogP) is 3.86. The summed E-state index contributed by atoms with van der Waals surface area (Å²) in [6.45, 7) is 2.00. The molecule has 3 aromatic rings. The molecule has 0 amide bonds. The van der Waals surface area contributed by atoms with Gasteiger partial charge >= 0.3 is 0 Å². The highest BCUT2D eigenvalue weighted by atomic mass is 19.1. The first-order chi connectivity index (χ1) is 12.6. The molecule has 0 saturated carbocycles. The number of aromatic nitrogens is 2. The van der Waals surface area contributed by atoms with Crippen molar-refractivity contribution in [1.29, 1.82) is 0 Å². The second kappa shape index (κ2) is 7.00. The number of nitrogens with zero attached hydrogens (tertiary/aromatic N) is 3. The molecule has 1 atom stereocenters. The van der Waals surface area contributed by atoms with Gasteiger partial charge in [0.25, 0.3) is 5.56 Å². The Hall–Kier alpha value is -2.53. The van der Waals surface area contributed by atoms with Crippen molar-refractivity contribution in [2.45, 2.75) is 25.3 Å². The highest BCUT2D eigenvalue weighted by Gasteiger charge is 2.21. The van der Waals surface area contributed by atoms with Crippen LogP contribution in [0.5, 0.6) is 0 Å². The van der Waals surface area contributed by atoms with Crippen molar-refractivity contribution in [2.24, 2.45) is 0 Å². The van der Waals surface area contributed by atoms with Crippen LogP contribution in [0.4, 0.5) is 4.39 Å². The second-order valence-electron chi connectivity index (χ2n) is 7.04. The van der Waals surface area contributed by atoms with Crippen LogP contribution in [-0.2, 0) is 0 Å². The number of benzene rings is 2. The number of fused-ring (bicyclic) bond motifs is 1. The quantitative estimate of drug-likeness (QED) is 0.704. The second-order valence-corrected chi connectivity index (χ2v) is 7.04. The SMILES string of the molecule is CN1CCCC(n2nc(-c3ccc(F)cc3)c3ccccc3c2=O)CC1. The Labute approximate surface area is 151 Å². The van der Waals surface area contributed by atoms with Crippen molar-refractivity contribution < 1.29 is 4.39 Å². The molecule has 0 aliphatic carbocycles. The third-order valence-corrected chi connectivity index (χ3v) is 5.21. The van der Waals surface area contributed by atoms with Gasteiger partial charge in [0.05, 0.1) is 17.1 Å². The maximum Gasteiger partial charge on any atom is 0.274 e. The molecule has 1 aromatic heterocycles. The molecular formula is C21H22FN3O. The molecule has 0 N–H and O–H groups in total. The third kappa shape index (κ3) is 3.15. The fourth-order valence-corrected chi connectivity index (χ4v) is 3.74. The first-order valence-electron chi connectivity index (χ1n) is 9.09. The van der Waals surface area contributed by atoms with E-state index in [9.17, 15) is 9.18 Å². The summed E-state index contributed by atoms with van der Waals surface area (Å²) in [7, 11) is 2.11. The summed E-state index contributed by atoms with van der Waals surface area (Å²) in [6.07, 6.45) is 2.90. The van der Waals surface area contributed by atoms with Crippen LogP contribution in [0.15, 0.2) is 53.3 Å². The van der Waals surface area contributed by atoms with E-state index in [4.69, 9.17) is 5.10 Å². The molecule has 1 aliphatic rings. The summed E-state index contributed by atoms with van der Waals surface area (Å²) >= 11 is 0. The molecule has 2 heterocycles. The molecule has 4 rings (SSSR count). The highest BCUT2D eigenvalue weighted by Crippen LogP contribution is 2.27. The van der Waals surface area contributed by atoms with Gasteiger partial charge in [-0.1, -0.05) is 18.2 Å². The Morgan fingerprint density at radius 3 is 2.50 bits per heavy atom. The van der Waals surface area contributed by atoms with Gasteiger partial charge in [-0.3, -0.25) is 4.79 Å². The Morgan fingerprint density at radius 2 is 1.73 bits per heavy atom.